The van der Waals surface area contributed by atoms with Crippen molar-refractivity contribution in [2.75, 3.05) is 27.2 Å². The van der Waals surface area contributed by atoms with Crippen LogP contribution in [-0.4, -0.2) is 43.5 Å². The monoisotopic (exact) mass is 367 g/mol. The molecule has 1 amide bonds. The Labute approximate surface area is 154 Å². The second-order valence-electron chi connectivity index (χ2n) is 7.54. The molecule has 0 aromatic carbocycles. The van der Waals surface area contributed by atoms with Crippen LogP contribution in [-0.2, 0) is 4.79 Å². The van der Waals surface area contributed by atoms with E-state index in [1.807, 2.05) is 0 Å². The Morgan fingerprint density at radius 1 is 1.00 bits per heavy atom. The number of nitrogens with two attached hydrogens (primary N) is 1. The number of hydrogen-bond acceptors (Lipinski definition) is 3. The zero-order valence-corrected chi connectivity index (χ0v) is 16.4. The van der Waals surface area contributed by atoms with Crippen molar-refractivity contribution < 1.29 is 4.79 Å². The normalized spacial score (nSPS) is 22.1. The van der Waals surface area contributed by atoms with E-state index < -0.39 is 0 Å². The molecule has 23 heavy (non-hydrogen) atoms. The van der Waals surface area contributed by atoms with Crippen LogP contribution in [0.3, 0.4) is 0 Å². The number of carbonyl (C=O) groups excluding carboxylic acids is 1. The third kappa shape index (κ3) is 5.77. The lowest BCUT2D eigenvalue weighted by atomic mass is 9.71. The van der Waals surface area contributed by atoms with Crippen molar-refractivity contribution >= 4 is 30.7 Å². The molecular weight excluding hydrogens is 333 g/mol. The van der Waals surface area contributed by atoms with Crippen molar-refractivity contribution in [1.29, 1.82) is 0 Å². The van der Waals surface area contributed by atoms with Gasteiger partial charge in [0.25, 0.3) is 0 Å². The molecule has 2 rings (SSSR count). The van der Waals surface area contributed by atoms with E-state index in [1.54, 1.807) is 0 Å². The molecule has 0 aromatic rings. The molecule has 0 aliphatic heterocycles. The van der Waals surface area contributed by atoms with Crippen molar-refractivity contribution in [2.24, 2.45) is 11.1 Å². The maximum Gasteiger partial charge on any atom is 0.220 e. The predicted molar refractivity (Wildman–Crippen MR) is 102 cm³/mol. The minimum absolute atomic E-state index is 0. The summed E-state index contributed by atoms with van der Waals surface area (Å²) < 4.78 is 0. The number of hydrogen-bond donors (Lipinski definition) is 2. The lowest BCUT2D eigenvalue weighted by Crippen LogP contribution is -2.51. The van der Waals surface area contributed by atoms with Crippen molar-refractivity contribution in [3.8, 4) is 0 Å². The summed E-state index contributed by atoms with van der Waals surface area (Å²) in [5.74, 6) is 0.204. The Kier molecular flexibility index (Phi) is 10.1. The van der Waals surface area contributed by atoms with Gasteiger partial charge < -0.3 is 16.0 Å². The fourth-order valence-corrected chi connectivity index (χ4v) is 4.24. The van der Waals surface area contributed by atoms with Crippen LogP contribution in [0.5, 0.6) is 0 Å². The lowest BCUT2D eigenvalue weighted by Gasteiger charge is -2.38. The van der Waals surface area contributed by atoms with E-state index in [1.165, 1.54) is 44.9 Å². The van der Waals surface area contributed by atoms with Crippen LogP contribution in [0.1, 0.15) is 64.2 Å². The van der Waals surface area contributed by atoms with Gasteiger partial charge in [-0.15, -0.1) is 24.8 Å². The number of amides is 1. The molecule has 6 heteroatoms. The highest BCUT2D eigenvalue weighted by Gasteiger charge is 2.37. The minimum atomic E-state index is 0. The molecule has 2 saturated carbocycles. The van der Waals surface area contributed by atoms with Gasteiger partial charge in [-0.2, -0.15) is 0 Å². The van der Waals surface area contributed by atoms with Gasteiger partial charge >= 0.3 is 0 Å². The molecule has 4 nitrogen and oxygen atoms in total. The Bertz CT molecular complexity index is 352. The highest BCUT2D eigenvalue weighted by atomic mass is 35.5. The fraction of sp³-hybridized carbons (Fsp3) is 0.941. The van der Waals surface area contributed by atoms with Gasteiger partial charge in [-0.1, -0.05) is 32.1 Å². The van der Waals surface area contributed by atoms with Crippen LogP contribution in [0, 0.1) is 5.41 Å². The molecule has 0 spiro atoms. The molecule has 138 valence electrons. The van der Waals surface area contributed by atoms with Crippen LogP contribution < -0.4 is 11.1 Å². The fourth-order valence-electron chi connectivity index (χ4n) is 4.24. The molecule has 0 atom stereocenters. The van der Waals surface area contributed by atoms with Crippen molar-refractivity contribution in [3.63, 3.8) is 0 Å². The summed E-state index contributed by atoms with van der Waals surface area (Å²) in [6.45, 7) is 1.44. The molecular formula is C17H35Cl2N3O. The van der Waals surface area contributed by atoms with Gasteiger partial charge in [0.05, 0.1) is 0 Å². The Hall–Kier alpha value is -0.0300. The second-order valence-corrected chi connectivity index (χ2v) is 7.54. The zero-order valence-electron chi connectivity index (χ0n) is 14.7. The van der Waals surface area contributed by atoms with Crippen LogP contribution in [0.4, 0.5) is 0 Å². The van der Waals surface area contributed by atoms with Crippen LogP contribution in [0.25, 0.3) is 0 Å². The van der Waals surface area contributed by atoms with E-state index in [2.05, 4.69) is 24.3 Å². The molecule has 0 heterocycles. The highest BCUT2D eigenvalue weighted by molar-refractivity contribution is 5.85. The second kappa shape index (κ2) is 10.1. The summed E-state index contributed by atoms with van der Waals surface area (Å²) >= 11 is 0. The predicted octanol–water partition coefficient (Wildman–Crippen LogP) is 3.12. The van der Waals surface area contributed by atoms with E-state index in [-0.39, 0.29) is 41.7 Å². The van der Waals surface area contributed by atoms with Crippen LogP contribution in [0.15, 0.2) is 0 Å². The SMILES string of the molecule is CN(C)C1(CNC(=O)CC2(CN)CCCCC2)CCCC1.Cl.Cl. The first kappa shape index (κ1) is 23.0. The van der Waals surface area contributed by atoms with Gasteiger partial charge in [0.2, 0.25) is 5.91 Å². The van der Waals surface area contributed by atoms with Crippen molar-refractivity contribution in [1.82, 2.24) is 10.2 Å². The summed E-state index contributed by atoms with van der Waals surface area (Å²) in [7, 11) is 4.28. The lowest BCUT2D eigenvalue weighted by molar-refractivity contribution is -0.124. The third-order valence-electron chi connectivity index (χ3n) is 5.98. The standard InChI is InChI=1S/C17H33N3O.2ClH/c1-20(2)17(10-6-7-11-17)14-19-15(21)12-16(13-18)8-4-3-5-9-16;;/h3-14,18H2,1-2H3,(H,19,21);2*1H. The van der Waals surface area contributed by atoms with Gasteiger partial charge in [-0.05, 0) is 51.7 Å². The summed E-state index contributed by atoms with van der Waals surface area (Å²) in [5, 5.41) is 3.22. The summed E-state index contributed by atoms with van der Waals surface area (Å²) in [6, 6.07) is 0. The Morgan fingerprint density at radius 2 is 1.52 bits per heavy atom. The smallest absolute Gasteiger partial charge is 0.220 e. The van der Waals surface area contributed by atoms with Crippen LogP contribution in [0.2, 0.25) is 0 Å². The maximum absolute atomic E-state index is 12.4. The highest BCUT2D eigenvalue weighted by Crippen LogP contribution is 2.38. The van der Waals surface area contributed by atoms with Gasteiger partial charge in [-0.3, -0.25) is 4.79 Å². The molecule has 0 unspecified atom stereocenters. The number of carbonyl (C=O) groups is 1. The molecule has 0 bridgehead atoms. The topological polar surface area (TPSA) is 58.4 Å². The molecule has 2 aliphatic rings. The minimum Gasteiger partial charge on any atom is -0.354 e. The van der Waals surface area contributed by atoms with Gasteiger partial charge in [0.1, 0.15) is 0 Å². The Balaban J connectivity index is 0.00000242. The number of likely N-dealkylation sites (N-methyl/N-ethyl adjacent to an activating group) is 1. The molecule has 0 radical (unpaired) electrons. The van der Waals surface area contributed by atoms with Crippen LogP contribution >= 0.6 is 24.8 Å². The molecule has 2 aliphatic carbocycles. The quantitative estimate of drug-likeness (QED) is 0.757. The van der Waals surface area contributed by atoms with Gasteiger partial charge in [-0.25, -0.2) is 0 Å². The average molecular weight is 368 g/mol. The summed E-state index contributed by atoms with van der Waals surface area (Å²) in [5.41, 5.74) is 6.24. The summed E-state index contributed by atoms with van der Waals surface area (Å²) in [4.78, 5) is 14.7. The first-order chi connectivity index (χ1) is 10.0. The van der Waals surface area contributed by atoms with E-state index >= 15 is 0 Å². The van der Waals surface area contributed by atoms with Gasteiger partial charge in [0.15, 0.2) is 0 Å². The average Bonchev–Trinajstić information content (AvgIpc) is 2.96. The first-order valence-corrected chi connectivity index (χ1v) is 8.66. The van der Waals surface area contributed by atoms with Gasteiger partial charge in [0, 0.05) is 18.5 Å². The van der Waals surface area contributed by atoms with E-state index in [0.29, 0.717) is 13.0 Å². The molecule has 0 aromatic heterocycles. The first-order valence-electron chi connectivity index (χ1n) is 8.66. The third-order valence-corrected chi connectivity index (χ3v) is 5.98. The van der Waals surface area contributed by atoms with E-state index in [9.17, 15) is 4.79 Å². The molecule has 0 saturated heterocycles. The largest absolute Gasteiger partial charge is 0.354 e. The molecule has 2 fully saturated rings. The maximum atomic E-state index is 12.4. The Morgan fingerprint density at radius 3 is 2.00 bits per heavy atom. The van der Waals surface area contributed by atoms with E-state index in [0.717, 1.165) is 19.4 Å². The van der Waals surface area contributed by atoms with E-state index in [4.69, 9.17) is 5.73 Å². The number of halogens is 2. The summed E-state index contributed by atoms with van der Waals surface area (Å²) in [6.07, 6.45) is 11.6. The van der Waals surface area contributed by atoms with Crippen molar-refractivity contribution in [2.45, 2.75) is 69.7 Å². The zero-order chi connectivity index (χ0) is 15.3. The number of nitrogens with one attached hydrogen (secondary N) is 1. The molecule has 3 N–H and O–H groups in total. The van der Waals surface area contributed by atoms with Crippen molar-refractivity contribution in [3.05, 3.63) is 0 Å². The number of rotatable bonds is 6. The number of nitrogens with zero attached hydrogens (tertiary/aromatic N) is 1.